The summed E-state index contributed by atoms with van der Waals surface area (Å²) in [5.74, 6) is 0. The van der Waals surface area contributed by atoms with Crippen LogP contribution in [0.25, 0.3) is 10.9 Å². The molecule has 2 rings (SSSR count). The van der Waals surface area contributed by atoms with Crippen molar-refractivity contribution in [3.8, 4) is 0 Å². The topological polar surface area (TPSA) is 26.2 Å². The summed E-state index contributed by atoms with van der Waals surface area (Å²) in [6.45, 7) is 11.1. The molecule has 0 aliphatic carbocycles. The number of para-hydroxylation sites is 1. The molecule has 3 heteroatoms. The van der Waals surface area contributed by atoms with Crippen molar-refractivity contribution in [2.24, 2.45) is 0 Å². The smallest absolute Gasteiger partial charge is 0.0649 e. The number of aromatic nitrogens is 1. The van der Waals surface area contributed by atoms with E-state index in [0.29, 0.717) is 12.1 Å². The zero-order valence-electron chi connectivity index (χ0n) is 13.0. The summed E-state index contributed by atoms with van der Waals surface area (Å²) in [6.07, 6.45) is 2.45. The fourth-order valence-corrected chi connectivity index (χ4v) is 2.37. The van der Waals surface area contributed by atoms with Gasteiger partial charge in [-0.2, -0.15) is 0 Å². The van der Waals surface area contributed by atoms with Crippen LogP contribution in [-0.4, -0.2) is 23.3 Å². The first-order chi connectivity index (χ1) is 9.58. The number of ether oxygens (including phenoxy) is 1. The first kappa shape index (κ1) is 15.1. The van der Waals surface area contributed by atoms with E-state index < -0.39 is 0 Å². The third-order valence-electron chi connectivity index (χ3n) is 3.36. The summed E-state index contributed by atoms with van der Waals surface area (Å²) in [5, 5.41) is 4.80. The molecule has 0 aliphatic heterocycles. The third kappa shape index (κ3) is 3.84. The Kier molecular flexibility index (Phi) is 5.21. The summed E-state index contributed by atoms with van der Waals surface area (Å²) in [5.41, 5.74) is 2.68. The van der Waals surface area contributed by atoms with Crippen molar-refractivity contribution in [1.82, 2.24) is 9.88 Å². The van der Waals surface area contributed by atoms with E-state index in [1.807, 2.05) is 0 Å². The highest BCUT2D eigenvalue weighted by molar-refractivity contribution is 5.83. The Hall–Kier alpha value is -1.32. The molecule has 3 nitrogen and oxygen atoms in total. The van der Waals surface area contributed by atoms with Crippen molar-refractivity contribution in [2.75, 3.05) is 6.61 Å². The van der Waals surface area contributed by atoms with Gasteiger partial charge in [0.1, 0.15) is 0 Å². The number of fused-ring (bicyclic) bond motifs is 1. The predicted molar refractivity (Wildman–Crippen MR) is 85.0 cm³/mol. The molecule has 0 saturated carbocycles. The van der Waals surface area contributed by atoms with Gasteiger partial charge in [-0.3, -0.25) is 0 Å². The molecule has 1 aromatic heterocycles. The quantitative estimate of drug-likeness (QED) is 0.835. The van der Waals surface area contributed by atoms with Crippen molar-refractivity contribution < 1.29 is 4.74 Å². The molecule has 1 aromatic carbocycles. The Morgan fingerprint density at radius 2 is 1.95 bits per heavy atom. The van der Waals surface area contributed by atoms with E-state index in [4.69, 9.17) is 4.74 Å². The van der Waals surface area contributed by atoms with Crippen molar-refractivity contribution in [1.29, 1.82) is 0 Å². The highest BCUT2D eigenvalue weighted by Crippen LogP contribution is 2.20. The fraction of sp³-hybridized carbons (Fsp3) is 0.529. The molecule has 0 fully saturated rings. The lowest BCUT2D eigenvalue weighted by Gasteiger charge is -2.13. The van der Waals surface area contributed by atoms with Gasteiger partial charge in [-0.05, 0) is 30.9 Å². The van der Waals surface area contributed by atoms with E-state index in [0.717, 1.165) is 19.7 Å². The maximum Gasteiger partial charge on any atom is 0.0649 e. The van der Waals surface area contributed by atoms with Crippen molar-refractivity contribution >= 4 is 10.9 Å². The molecule has 0 radical (unpaired) electrons. The lowest BCUT2D eigenvalue weighted by atomic mass is 10.1. The van der Waals surface area contributed by atoms with Crippen molar-refractivity contribution in [3.63, 3.8) is 0 Å². The van der Waals surface area contributed by atoms with Gasteiger partial charge < -0.3 is 14.6 Å². The summed E-state index contributed by atoms with van der Waals surface area (Å²) < 4.78 is 7.97. The van der Waals surface area contributed by atoms with Crippen LogP contribution in [0.2, 0.25) is 0 Å². The van der Waals surface area contributed by atoms with E-state index in [1.165, 1.54) is 16.5 Å². The van der Waals surface area contributed by atoms with E-state index >= 15 is 0 Å². The molecular weight excluding hydrogens is 248 g/mol. The maximum atomic E-state index is 5.67. The number of nitrogens with one attached hydrogen (secondary N) is 1. The van der Waals surface area contributed by atoms with Crippen LogP contribution in [-0.2, 0) is 17.8 Å². The number of nitrogens with zero attached hydrogens (tertiary/aromatic N) is 1. The van der Waals surface area contributed by atoms with Crippen LogP contribution >= 0.6 is 0 Å². The number of benzene rings is 1. The van der Waals surface area contributed by atoms with Gasteiger partial charge in [0.05, 0.1) is 18.2 Å². The first-order valence-corrected chi connectivity index (χ1v) is 7.49. The zero-order valence-corrected chi connectivity index (χ0v) is 13.0. The third-order valence-corrected chi connectivity index (χ3v) is 3.36. The molecule has 0 atom stereocenters. The zero-order chi connectivity index (χ0) is 14.5. The molecule has 0 amide bonds. The molecule has 0 saturated heterocycles. The second-order valence-corrected chi connectivity index (χ2v) is 5.82. The monoisotopic (exact) mass is 274 g/mol. The minimum Gasteiger partial charge on any atom is -0.377 e. The standard InChI is InChI=1S/C17H26N2O/c1-13(2)18-12-16-7-5-6-15-8-9-19(17(15)16)10-11-20-14(3)4/h5-9,13-14,18H,10-12H2,1-4H3. The normalized spacial score (nSPS) is 11.9. The van der Waals surface area contributed by atoms with Crippen LogP contribution in [0, 0.1) is 0 Å². The van der Waals surface area contributed by atoms with Gasteiger partial charge in [-0.15, -0.1) is 0 Å². The average molecular weight is 274 g/mol. The van der Waals surface area contributed by atoms with Gasteiger partial charge in [-0.1, -0.05) is 32.0 Å². The molecule has 1 N–H and O–H groups in total. The van der Waals surface area contributed by atoms with Crippen molar-refractivity contribution in [2.45, 2.75) is 52.9 Å². The Balaban J connectivity index is 2.17. The number of hydrogen-bond donors (Lipinski definition) is 1. The van der Waals surface area contributed by atoms with Gasteiger partial charge in [0.15, 0.2) is 0 Å². The molecule has 1 heterocycles. The summed E-state index contributed by atoms with van der Waals surface area (Å²) in [6, 6.07) is 9.20. The molecule has 0 unspecified atom stereocenters. The summed E-state index contributed by atoms with van der Waals surface area (Å²) in [4.78, 5) is 0. The SMILES string of the molecule is CC(C)NCc1cccc2ccn(CCOC(C)C)c12. The van der Waals surface area contributed by atoms with Crippen molar-refractivity contribution in [3.05, 3.63) is 36.0 Å². The van der Waals surface area contributed by atoms with Crippen LogP contribution in [0.4, 0.5) is 0 Å². The van der Waals surface area contributed by atoms with E-state index in [2.05, 4.69) is 68.0 Å². The van der Waals surface area contributed by atoms with Gasteiger partial charge in [0.2, 0.25) is 0 Å². The lowest BCUT2D eigenvalue weighted by Crippen LogP contribution is -2.22. The Bertz CT molecular complexity index is 543. The minimum absolute atomic E-state index is 0.291. The first-order valence-electron chi connectivity index (χ1n) is 7.49. The highest BCUT2D eigenvalue weighted by Gasteiger charge is 2.07. The Labute approximate surface area is 121 Å². The van der Waals surface area contributed by atoms with Gasteiger partial charge in [0, 0.05) is 25.3 Å². The fourth-order valence-electron chi connectivity index (χ4n) is 2.37. The molecule has 0 bridgehead atoms. The lowest BCUT2D eigenvalue weighted by molar-refractivity contribution is 0.0733. The number of rotatable bonds is 7. The van der Waals surface area contributed by atoms with Gasteiger partial charge in [-0.25, -0.2) is 0 Å². The van der Waals surface area contributed by atoms with Crippen LogP contribution in [0.15, 0.2) is 30.5 Å². The molecule has 20 heavy (non-hydrogen) atoms. The average Bonchev–Trinajstić information content (AvgIpc) is 2.80. The van der Waals surface area contributed by atoms with Crippen LogP contribution in [0.1, 0.15) is 33.3 Å². The van der Waals surface area contributed by atoms with E-state index in [9.17, 15) is 0 Å². The Morgan fingerprint density at radius 1 is 1.15 bits per heavy atom. The molecule has 0 spiro atoms. The molecular formula is C17H26N2O. The van der Waals surface area contributed by atoms with Crippen LogP contribution in [0.3, 0.4) is 0 Å². The maximum absolute atomic E-state index is 5.67. The predicted octanol–water partition coefficient (Wildman–Crippen LogP) is 3.56. The second-order valence-electron chi connectivity index (χ2n) is 5.82. The summed E-state index contributed by atoms with van der Waals surface area (Å²) >= 11 is 0. The largest absolute Gasteiger partial charge is 0.377 e. The van der Waals surface area contributed by atoms with E-state index in [-0.39, 0.29) is 0 Å². The Morgan fingerprint density at radius 3 is 2.65 bits per heavy atom. The minimum atomic E-state index is 0.291. The second kappa shape index (κ2) is 6.91. The highest BCUT2D eigenvalue weighted by atomic mass is 16.5. The molecule has 0 aliphatic rings. The molecule has 2 aromatic rings. The number of hydrogen-bond acceptors (Lipinski definition) is 2. The van der Waals surface area contributed by atoms with Gasteiger partial charge >= 0.3 is 0 Å². The van der Waals surface area contributed by atoms with E-state index in [1.54, 1.807) is 0 Å². The summed E-state index contributed by atoms with van der Waals surface area (Å²) in [7, 11) is 0. The van der Waals surface area contributed by atoms with Crippen LogP contribution < -0.4 is 5.32 Å². The van der Waals surface area contributed by atoms with Gasteiger partial charge in [0.25, 0.3) is 0 Å². The van der Waals surface area contributed by atoms with Crippen LogP contribution in [0.5, 0.6) is 0 Å². The molecule has 110 valence electrons.